The lowest BCUT2D eigenvalue weighted by molar-refractivity contribution is 0.103. The van der Waals surface area contributed by atoms with E-state index < -0.39 is 11.2 Å². The van der Waals surface area contributed by atoms with Crippen LogP contribution >= 0.6 is 11.3 Å². The average Bonchev–Trinajstić information content (AvgIpc) is 2.97. The van der Waals surface area contributed by atoms with Crippen molar-refractivity contribution in [3.8, 4) is 0 Å². The summed E-state index contributed by atoms with van der Waals surface area (Å²) >= 11 is 1.38. The fourth-order valence-electron chi connectivity index (χ4n) is 2.28. The Labute approximate surface area is 134 Å². The van der Waals surface area contributed by atoms with E-state index in [0.717, 1.165) is 9.44 Å². The summed E-state index contributed by atoms with van der Waals surface area (Å²) in [6, 6.07) is 5.14. The Balaban J connectivity index is 2.05. The number of hydrogen-bond donors (Lipinski definition) is 1. The predicted molar refractivity (Wildman–Crippen MR) is 89.2 cm³/mol. The van der Waals surface area contributed by atoms with Crippen LogP contribution in [0.25, 0.3) is 11.0 Å². The molecule has 0 radical (unpaired) electrons. The van der Waals surface area contributed by atoms with E-state index in [0.29, 0.717) is 10.6 Å². The monoisotopic (exact) mass is 330 g/mol. The van der Waals surface area contributed by atoms with Gasteiger partial charge in [-0.05, 0) is 25.1 Å². The van der Waals surface area contributed by atoms with Crippen LogP contribution in [0.15, 0.2) is 34.0 Å². The SMILES string of the molecule is Cc1ccc(C(=O)Nc2cnc3c(c2)c(=O)n(C)c(=O)n3C)s1. The van der Waals surface area contributed by atoms with E-state index in [4.69, 9.17) is 0 Å². The van der Waals surface area contributed by atoms with E-state index in [2.05, 4.69) is 10.3 Å². The van der Waals surface area contributed by atoms with Gasteiger partial charge in [0.1, 0.15) is 5.65 Å². The van der Waals surface area contributed by atoms with Crippen LogP contribution in [-0.4, -0.2) is 20.0 Å². The first-order chi connectivity index (χ1) is 10.9. The number of carbonyl (C=O) groups is 1. The second-order valence-electron chi connectivity index (χ2n) is 5.17. The number of nitrogens with one attached hydrogen (secondary N) is 1. The molecule has 23 heavy (non-hydrogen) atoms. The predicted octanol–water partition coefficient (Wildman–Crippen LogP) is 1.25. The summed E-state index contributed by atoms with van der Waals surface area (Å²) in [5.41, 5.74) is -0.202. The van der Waals surface area contributed by atoms with Gasteiger partial charge >= 0.3 is 5.69 Å². The van der Waals surface area contributed by atoms with Gasteiger partial charge in [-0.25, -0.2) is 9.78 Å². The van der Waals surface area contributed by atoms with Crippen LogP contribution in [-0.2, 0) is 14.1 Å². The van der Waals surface area contributed by atoms with Crippen LogP contribution < -0.4 is 16.6 Å². The number of aryl methyl sites for hydroxylation is 2. The number of carbonyl (C=O) groups excluding carboxylic acids is 1. The van der Waals surface area contributed by atoms with E-state index >= 15 is 0 Å². The van der Waals surface area contributed by atoms with E-state index in [-0.39, 0.29) is 16.9 Å². The maximum atomic E-state index is 12.2. The molecule has 0 unspecified atom stereocenters. The molecule has 0 saturated heterocycles. The first kappa shape index (κ1) is 15.2. The molecule has 3 aromatic rings. The molecule has 0 aliphatic heterocycles. The lowest BCUT2D eigenvalue weighted by Gasteiger charge is -2.08. The molecule has 3 rings (SSSR count). The Hall–Kier alpha value is -2.74. The third kappa shape index (κ3) is 2.57. The molecule has 0 aromatic carbocycles. The van der Waals surface area contributed by atoms with Crippen LogP contribution in [0.2, 0.25) is 0 Å². The van der Waals surface area contributed by atoms with Crippen molar-refractivity contribution in [1.29, 1.82) is 0 Å². The Morgan fingerprint density at radius 3 is 2.61 bits per heavy atom. The standard InChI is InChI=1S/C15H14N4O3S/c1-8-4-5-11(23-8)13(20)17-9-6-10-12(16-7-9)18(2)15(22)19(3)14(10)21/h4-7H,1-3H3,(H,17,20). The van der Waals surface area contributed by atoms with Crippen molar-refractivity contribution in [2.75, 3.05) is 5.32 Å². The normalized spacial score (nSPS) is 10.9. The van der Waals surface area contributed by atoms with Gasteiger partial charge in [0, 0.05) is 19.0 Å². The van der Waals surface area contributed by atoms with Crippen molar-refractivity contribution < 1.29 is 4.79 Å². The highest BCUT2D eigenvalue weighted by molar-refractivity contribution is 7.14. The molecule has 118 valence electrons. The van der Waals surface area contributed by atoms with Gasteiger partial charge < -0.3 is 5.32 Å². The van der Waals surface area contributed by atoms with Crippen LogP contribution in [0, 0.1) is 6.92 Å². The summed E-state index contributed by atoms with van der Waals surface area (Å²) in [5.74, 6) is -0.258. The number of amides is 1. The minimum Gasteiger partial charge on any atom is -0.320 e. The summed E-state index contributed by atoms with van der Waals surface area (Å²) in [6.45, 7) is 1.92. The number of pyridine rings is 1. The molecule has 0 atom stereocenters. The lowest BCUT2D eigenvalue weighted by atomic mass is 10.3. The molecule has 8 heteroatoms. The number of anilines is 1. The molecule has 1 amide bonds. The van der Waals surface area contributed by atoms with Crippen molar-refractivity contribution in [2.24, 2.45) is 14.1 Å². The van der Waals surface area contributed by atoms with Crippen LogP contribution in [0.3, 0.4) is 0 Å². The van der Waals surface area contributed by atoms with Crippen molar-refractivity contribution in [2.45, 2.75) is 6.92 Å². The molecule has 0 aliphatic rings. The molecule has 3 aromatic heterocycles. The van der Waals surface area contributed by atoms with Gasteiger partial charge in [0.25, 0.3) is 11.5 Å². The summed E-state index contributed by atoms with van der Waals surface area (Å²) in [5, 5.41) is 2.99. The Kier molecular flexibility index (Phi) is 3.61. The Morgan fingerprint density at radius 1 is 1.22 bits per heavy atom. The highest BCUT2D eigenvalue weighted by atomic mass is 32.1. The van der Waals surface area contributed by atoms with Gasteiger partial charge in [-0.1, -0.05) is 0 Å². The van der Waals surface area contributed by atoms with Gasteiger partial charge in [-0.15, -0.1) is 11.3 Å². The van der Waals surface area contributed by atoms with Crippen LogP contribution in [0.4, 0.5) is 5.69 Å². The maximum Gasteiger partial charge on any atom is 0.332 e. The number of aromatic nitrogens is 3. The zero-order valence-corrected chi connectivity index (χ0v) is 13.6. The molecule has 0 saturated carbocycles. The van der Waals surface area contributed by atoms with Crippen molar-refractivity contribution in [3.63, 3.8) is 0 Å². The Morgan fingerprint density at radius 2 is 1.96 bits per heavy atom. The zero-order chi connectivity index (χ0) is 16.7. The molecule has 0 spiro atoms. The fourth-order valence-corrected chi connectivity index (χ4v) is 3.05. The first-order valence-electron chi connectivity index (χ1n) is 6.82. The minimum atomic E-state index is -0.446. The van der Waals surface area contributed by atoms with Crippen molar-refractivity contribution in [3.05, 3.63) is 55.0 Å². The smallest absolute Gasteiger partial charge is 0.320 e. The van der Waals surface area contributed by atoms with Crippen molar-refractivity contribution >= 4 is 34.0 Å². The third-order valence-corrected chi connectivity index (χ3v) is 4.51. The molecule has 1 N–H and O–H groups in total. The van der Waals surface area contributed by atoms with E-state index in [9.17, 15) is 14.4 Å². The van der Waals surface area contributed by atoms with Gasteiger partial charge in [-0.2, -0.15) is 0 Å². The number of nitrogens with zero attached hydrogens (tertiary/aromatic N) is 3. The summed E-state index contributed by atoms with van der Waals surface area (Å²) in [6.07, 6.45) is 1.43. The number of thiophene rings is 1. The molecular formula is C15H14N4O3S. The van der Waals surface area contributed by atoms with E-state index in [1.807, 2.05) is 13.0 Å². The van der Waals surface area contributed by atoms with Gasteiger partial charge in [0.15, 0.2) is 0 Å². The number of fused-ring (bicyclic) bond motifs is 1. The van der Waals surface area contributed by atoms with Gasteiger partial charge in [0.2, 0.25) is 0 Å². The largest absolute Gasteiger partial charge is 0.332 e. The van der Waals surface area contributed by atoms with E-state index in [1.165, 1.54) is 35.2 Å². The van der Waals surface area contributed by atoms with Crippen molar-refractivity contribution in [1.82, 2.24) is 14.1 Å². The Bertz CT molecular complexity index is 1050. The average molecular weight is 330 g/mol. The molecule has 0 aliphatic carbocycles. The summed E-state index contributed by atoms with van der Waals surface area (Å²) < 4.78 is 2.31. The van der Waals surface area contributed by atoms with Gasteiger partial charge in [0.05, 0.1) is 22.1 Å². The third-order valence-electron chi connectivity index (χ3n) is 3.52. The first-order valence-corrected chi connectivity index (χ1v) is 7.63. The highest BCUT2D eigenvalue weighted by Gasteiger charge is 2.13. The lowest BCUT2D eigenvalue weighted by Crippen LogP contribution is -2.37. The zero-order valence-electron chi connectivity index (χ0n) is 12.8. The van der Waals surface area contributed by atoms with E-state index in [1.54, 1.807) is 13.1 Å². The minimum absolute atomic E-state index is 0.258. The molecular weight excluding hydrogens is 316 g/mol. The van der Waals surface area contributed by atoms with Gasteiger partial charge in [-0.3, -0.25) is 18.7 Å². The molecule has 0 bridgehead atoms. The quantitative estimate of drug-likeness (QED) is 0.766. The highest BCUT2D eigenvalue weighted by Crippen LogP contribution is 2.18. The summed E-state index contributed by atoms with van der Waals surface area (Å²) in [7, 11) is 2.95. The molecule has 3 heterocycles. The second kappa shape index (κ2) is 5.47. The fraction of sp³-hybridized carbons (Fsp3) is 0.200. The molecule has 7 nitrogen and oxygen atoms in total. The number of rotatable bonds is 2. The maximum absolute atomic E-state index is 12.2. The second-order valence-corrected chi connectivity index (χ2v) is 6.45. The van der Waals surface area contributed by atoms with Crippen LogP contribution in [0.5, 0.6) is 0 Å². The molecule has 0 fully saturated rings. The summed E-state index contributed by atoms with van der Waals surface area (Å²) in [4.78, 5) is 42.0. The number of hydrogen-bond acceptors (Lipinski definition) is 5. The van der Waals surface area contributed by atoms with Crippen LogP contribution in [0.1, 0.15) is 14.5 Å². The topological polar surface area (TPSA) is 86.0 Å².